The van der Waals surface area contributed by atoms with E-state index in [2.05, 4.69) is 19.2 Å². The molecule has 2 unspecified atom stereocenters. The number of sulfonamides is 1. The number of nitrogens with one attached hydrogen (secondary N) is 1. The summed E-state index contributed by atoms with van der Waals surface area (Å²) >= 11 is 0. The fourth-order valence-electron chi connectivity index (χ4n) is 3.62. The number of benzene rings is 1. The lowest BCUT2D eigenvalue weighted by molar-refractivity contribution is -0.128. The molecule has 1 saturated heterocycles. The lowest BCUT2D eigenvalue weighted by atomic mass is 9.89. The maximum atomic E-state index is 13.1. The highest BCUT2D eigenvalue weighted by molar-refractivity contribution is 7.89. The number of nitrogens with two attached hydrogens (primary N) is 1. The molecule has 1 amide bonds. The zero-order valence-electron chi connectivity index (χ0n) is 16.7. The van der Waals surface area contributed by atoms with E-state index in [1.54, 1.807) is 0 Å². The molecule has 160 valence electrons. The Morgan fingerprint density at radius 3 is 2.50 bits per heavy atom. The van der Waals surface area contributed by atoms with Crippen molar-refractivity contribution in [3.63, 3.8) is 0 Å². The molecule has 9 heteroatoms. The molecule has 1 fully saturated rings. The van der Waals surface area contributed by atoms with E-state index in [9.17, 15) is 17.6 Å². The summed E-state index contributed by atoms with van der Waals surface area (Å²) in [5.74, 6) is -0.703. The zero-order chi connectivity index (χ0) is 20.2. The van der Waals surface area contributed by atoms with Crippen molar-refractivity contribution in [3.8, 4) is 0 Å². The number of amides is 1. The monoisotopic (exact) mass is 435 g/mol. The quantitative estimate of drug-likeness (QED) is 0.688. The third-order valence-electron chi connectivity index (χ3n) is 4.94. The molecule has 2 atom stereocenters. The Bertz CT molecular complexity index is 758. The Labute approximate surface area is 173 Å². The van der Waals surface area contributed by atoms with Gasteiger partial charge in [0, 0.05) is 25.2 Å². The van der Waals surface area contributed by atoms with Crippen LogP contribution in [0.2, 0.25) is 0 Å². The Kier molecular flexibility index (Phi) is 8.87. The van der Waals surface area contributed by atoms with E-state index in [-0.39, 0.29) is 29.8 Å². The fraction of sp³-hybridized carbons (Fsp3) is 0.632. The van der Waals surface area contributed by atoms with Crippen molar-refractivity contribution in [2.45, 2.75) is 50.5 Å². The average molecular weight is 436 g/mol. The molecule has 0 aliphatic carbocycles. The number of hydrogen-bond donors (Lipinski definition) is 2. The van der Waals surface area contributed by atoms with Crippen LogP contribution in [0.15, 0.2) is 29.2 Å². The van der Waals surface area contributed by atoms with Crippen molar-refractivity contribution in [1.29, 1.82) is 0 Å². The third kappa shape index (κ3) is 6.14. The summed E-state index contributed by atoms with van der Waals surface area (Å²) < 4.78 is 40.0. The highest BCUT2D eigenvalue weighted by atomic mass is 35.5. The van der Waals surface area contributed by atoms with Crippen molar-refractivity contribution < 1.29 is 17.6 Å². The van der Waals surface area contributed by atoms with Crippen LogP contribution >= 0.6 is 12.4 Å². The van der Waals surface area contributed by atoms with Gasteiger partial charge in [-0.05, 0) is 56.4 Å². The topological polar surface area (TPSA) is 92.5 Å². The molecule has 6 nitrogen and oxygen atoms in total. The van der Waals surface area contributed by atoms with E-state index in [0.29, 0.717) is 31.8 Å². The van der Waals surface area contributed by atoms with Crippen LogP contribution in [-0.4, -0.2) is 43.8 Å². The van der Waals surface area contributed by atoms with E-state index in [0.717, 1.165) is 18.6 Å². The van der Waals surface area contributed by atoms with E-state index in [1.165, 1.54) is 16.4 Å². The summed E-state index contributed by atoms with van der Waals surface area (Å²) in [4.78, 5) is 12.8. The van der Waals surface area contributed by atoms with Gasteiger partial charge in [-0.25, -0.2) is 12.8 Å². The van der Waals surface area contributed by atoms with Gasteiger partial charge in [-0.15, -0.1) is 12.4 Å². The summed E-state index contributed by atoms with van der Waals surface area (Å²) in [7, 11) is -3.75. The first kappa shape index (κ1) is 24.8. The van der Waals surface area contributed by atoms with Crippen LogP contribution in [0.4, 0.5) is 4.39 Å². The molecular weight excluding hydrogens is 405 g/mol. The second kappa shape index (κ2) is 10.0. The number of piperidine rings is 1. The molecule has 1 heterocycles. The molecule has 28 heavy (non-hydrogen) atoms. The molecule has 3 N–H and O–H groups in total. The van der Waals surface area contributed by atoms with Gasteiger partial charge in [0.2, 0.25) is 15.9 Å². The molecule has 0 saturated carbocycles. The van der Waals surface area contributed by atoms with Crippen LogP contribution in [0, 0.1) is 17.7 Å². The van der Waals surface area contributed by atoms with Gasteiger partial charge in [0.05, 0.1) is 10.8 Å². The summed E-state index contributed by atoms with van der Waals surface area (Å²) in [6.45, 7) is 6.84. The highest BCUT2D eigenvalue weighted by Crippen LogP contribution is 2.25. The second-order valence-electron chi connectivity index (χ2n) is 8.01. The Morgan fingerprint density at radius 2 is 1.96 bits per heavy atom. The molecule has 1 aromatic carbocycles. The predicted octanol–water partition coefficient (Wildman–Crippen LogP) is 2.53. The second-order valence-corrected chi connectivity index (χ2v) is 9.95. The molecule has 1 aromatic rings. The van der Waals surface area contributed by atoms with Crippen LogP contribution < -0.4 is 11.1 Å². The van der Waals surface area contributed by atoms with Gasteiger partial charge in [-0.1, -0.05) is 13.8 Å². The van der Waals surface area contributed by atoms with Gasteiger partial charge < -0.3 is 11.1 Å². The molecule has 0 bridgehead atoms. The van der Waals surface area contributed by atoms with E-state index >= 15 is 0 Å². The summed E-state index contributed by atoms with van der Waals surface area (Å²) in [6.07, 6.45) is 1.98. The van der Waals surface area contributed by atoms with Gasteiger partial charge in [-0.2, -0.15) is 4.31 Å². The molecule has 2 rings (SSSR count). The Morgan fingerprint density at radius 1 is 1.36 bits per heavy atom. The zero-order valence-corrected chi connectivity index (χ0v) is 18.3. The first-order valence-electron chi connectivity index (χ1n) is 9.35. The number of hydrogen-bond acceptors (Lipinski definition) is 4. The summed E-state index contributed by atoms with van der Waals surface area (Å²) in [5, 5.41) is 3.03. The number of rotatable bonds is 7. The number of nitrogens with zero attached hydrogens (tertiary/aromatic N) is 1. The van der Waals surface area contributed by atoms with Crippen LogP contribution in [0.1, 0.15) is 40.0 Å². The van der Waals surface area contributed by atoms with Crippen molar-refractivity contribution in [3.05, 3.63) is 30.1 Å². The molecule has 0 radical (unpaired) electrons. The minimum Gasteiger partial charge on any atom is -0.349 e. The molecular formula is C19H31ClFN3O3S. The van der Waals surface area contributed by atoms with E-state index < -0.39 is 27.3 Å². The maximum absolute atomic E-state index is 13.1. The lowest BCUT2D eigenvalue weighted by Gasteiger charge is -2.36. The minimum absolute atomic E-state index is 0. The van der Waals surface area contributed by atoms with Crippen LogP contribution in [0.5, 0.6) is 0 Å². The summed E-state index contributed by atoms with van der Waals surface area (Å²) in [6, 6.07) is 4.75. The van der Waals surface area contributed by atoms with Crippen molar-refractivity contribution in [1.82, 2.24) is 9.62 Å². The third-order valence-corrected chi connectivity index (χ3v) is 6.82. The normalized spacial score (nSPS) is 20.3. The van der Waals surface area contributed by atoms with Crippen molar-refractivity contribution >= 4 is 28.3 Å². The van der Waals surface area contributed by atoms with Gasteiger partial charge in [0.15, 0.2) is 0 Å². The van der Waals surface area contributed by atoms with Crippen LogP contribution in [0.25, 0.3) is 0 Å². The molecule has 0 aromatic heterocycles. The Hall–Kier alpha value is -1.22. The van der Waals surface area contributed by atoms with Crippen LogP contribution in [-0.2, 0) is 14.8 Å². The smallest absolute Gasteiger partial charge is 0.243 e. The first-order chi connectivity index (χ1) is 12.6. The van der Waals surface area contributed by atoms with Gasteiger partial charge in [0.25, 0.3) is 0 Å². The van der Waals surface area contributed by atoms with Crippen LogP contribution in [0.3, 0.4) is 0 Å². The van der Waals surface area contributed by atoms with Gasteiger partial charge in [-0.3, -0.25) is 4.79 Å². The first-order valence-corrected chi connectivity index (χ1v) is 10.8. The minimum atomic E-state index is -3.75. The average Bonchev–Trinajstić information content (AvgIpc) is 2.61. The highest BCUT2D eigenvalue weighted by Gasteiger charge is 2.35. The number of halogens is 2. The van der Waals surface area contributed by atoms with E-state index in [1.807, 2.05) is 6.92 Å². The largest absolute Gasteiger partial charge is 0.349 e. The molecule has 1 aliphatic rings. The Balaban J connectivity index is 0.00000392. The summed E-state index contributed by atoms with van der Waals surface area (Å²) in [5.41, 5.74) is 5.36. The SMILES string of the molecule is CC(C)CC(C)(CN)NC(=O)C1CCCN(S(=O)(=O)c2ccc(F)cc2)C1.Cl. The molecule has 0 spiro atoms. The van der Waals surface area contributed by atoms with Crippen molar-refractivity contribution in [2.75, 3.05) is 19.6 Å². The van der Waals surface area contributed by atoms with Gasteiger partial charge in [0.1, 0.15) is 5.82 Å². The number of carbonyl (C=O) groups excluding carboxylic acids is 1. The van der Waals surface area contributed by atoms with Gasteiger partial charge >= 0.3 is 0 Å². The fourth-order valence-corrected chi connectivity index (χ4v) is 5.14. The molecule has 1 aliphatic heterocycles. The maximum Gasteiger partial charge on any atom is 0.243 e. The predicted molar refractivity (Wildman–Crippen MR) is 110 cm³/mol. The lowest BCUT2D eigenvalue weighted by Crippen LogP contribution is -2.55. The van der Waals surface area contributed by atoms with Crippen molar-refractivity contribution in [2.24, 2.45) is 17.6 Å². The van der Waals surface area contributed by atoms with E-state index in [4.69, 9.17) is 5.73 Å². The number of carbonyl (C=O) groups is 1. The standard InChI is InChI=1S/C19H30FN3O3S.ClH/c1-14(2)11-19(3,13-21)22-18(24)15-5-4-10-23(12-15)27(25,26)17-8-6-16(20)7-9-17;/h6-9,14-15H,4-5,10-13,21H2,1-3H3,(H,22,24);1H.